The molecule has 0 saturated carbocycles. The fourth-order valence-electron chi connectivity index (χ4n) is 2.90. The lowest BCUT2D eigenvalue weighted by Gasteiger charge is -2.06. The lowest BCUT2D eigenvalue weighted by Crippen LogP contribution is -2.11. The highest BCUT2D eigenvalue weighted by atomic mass is 32.2. The van der Waals surface area contributed by atoms with Gasteiger partial charge in [0.1, 0.15) is 5.82 Å². The zero-order valence-corrected chi connectivity index (χ0v) is 17.6. The second-order valence-corrected chi connectivity index (χ2v) is 8.38. The molecule has 0 atom stereocenters. The Hall–Kier alpha value is -2.18. The van der Waals surface area contributed by atoms with Crippen molar-refractivity contribution in [2.24, 2.45) is 5.14 Å². The number of sulfonamides is 1. The van der Waals surface area contributed by atoms with E-state index in [1.54, 1.807) is 12.1 Å². The van der Waals surface area contributed by atoms with Crippen LogP contribution < -0.4 is 5.14 Å². The van der Waals surface area contributed by atoms with Gasteiger partial charge in [-0.2, -0.15) is 0 Å². The minimum absolute atomic E-state index is 0.156. The lowest BCUT2D eigenvalue weighted by atomic mass is 10.1. The molecule has 0 radical (unpaired) electrons. The van der Waals surface area contributed by atoms with Gasteiger partial charge >= 0.3 is 0 Å². The van der Waals surface area contributed by atoms with Gasteiger partial charge in [-0.05, 0) is 62.6 Å². The van der Waals surface area contributed by atoms with Crippen molar-refractivity contribution in [3.05, 3.63) is 58.9 Å². The first kappa shape index (κ1) is 21.1. The fraction of sp³-hybridized carbons (Fsp3) is 0.381. The number of benzene rings is 2. The Morgan fingerprint density at radius 2 is 1.59 bits per heavy atom. The van der Waals surface area contributed by atoms with Gasteiger partial charge < -0.3 is 4.57 Å². The van der Waals surface area contributed by atoms with Crippen LogP contribution in [0.5, 0.6) is 0 Å². The summed E-state index contributed by atoms with van der Waals surface area (Å²) in [5, 5.41) is 4.88. The van der Waals surface area contributed by atoms with Crippen LogP contribution in [0.2, 0.25) is 0 Å². The molecule has 0 unspecified atom stereocenters. The Kier molecular flexibility index (Phi) is 6.78. The molecule has 0 saturated heterocycles. The van der Waals surface area contributed by atoms with Crippen molar-refractivity contribution < 1.29 is 8.42 Å². The van der Waals surface area contributed by atoms with Crippen LogP contribution in [0.15, 0.2) is 41.3 Å². The predicted octanol–water partition coefficient (Wildman–Crippen LogP) is 4.27. The van der Waals surface area contributed by atoms with Crippen LogP contribution in [0.4, 0.5) is 0 Å². The molecule has 146 valence electrons. The molecule has 0 spiro atoms. The van der Waals surface area contributed by atoms with Gasteiger partial charge in [-0.25, -0.2) is 18.5 Å². The van der Waals surface area contributed by atoms with Gasteiger partial charge in [0.25, 0.3) is 0 Å². The minimum atomic E-state index is -3.52. The molecule has 1 aromatic heterocycles. The Balaban J connectivity index is 0.000000208. The van der Waals surface area contributed by atoms with Gasteiger partial charge in [-0.1, -0.05) is 31.5 Å². The van der Waals surface area contributed by atoms with Crippen molar-refractivity contribution in [3.8, 4) is 0 Å². The van der Waals surface area contributed by atoms with E-state index in [0.29, 0.717) is 0 Å². The summed E-state index contributed by atoms with van der Waals surface area (Å²) in [5.74, 6) is 1.21. The number of aromatic nitrogens is 2. The summed E-state index contributed by atoms with van der Waals surface area (Å²) in [6, 6.07) is 10.9. The summed E-state index contributed by atoms with van der Waals surface area (Å²) in [5.41, 5.74) is 6.14. The highest BCUT2D eigenvalue weighted by Gasteiger charge is 2.09. The number of primary sulfonamides is 1. The molecule has 0 amide bonds. The first-order chi connectivity index (χ1) is 12.7. The number of rotatable bonds is 4. The molecule has 6 heteroatoms. The van der Waals surface area contributed by atoms with E-state index in [-0.39, 0.29) is 4.90 Å². The van der Waals surface area contributed by atoms with Crippen molar-refractivity contribution in [2.45, 2.75) is 58.9 Å². The Labute approximate surface area is 162 Å². The van der Waals surface area contributed by atoms with E-state index < -0.39 is 10.0 Å². The zero-order chi connectivity index (χ0) is 20.2. The molecule has 0 aliphatic heterocycles. The number of imidazole rings is 1. The largest absolute Gasteiger partial charge is 0.328 e. The van der Waals surface area contributed by atoms with Crippen LogP contribution in [-0.2, 0) is 23.0 Å². The van der Waals surface area contributed by atoms with Gasteiger partial charge in [-0.3, -0.25) is 0 Å². The molecular weight excluding hydrogens is 358 g/mol. The molecule has 2 aromatic carbocycles. The summed E-state index contributed by atoms with van der Waals surface area (Å²) in [4.78, 5) is 4.87. The fourth-order valence-corrected chi connectivity index (χ4v) is 3.42. The van der Waals surface area contributed by atoms with E-state index in [9.17, 15) is 8.42 Å². The maximum Gasteiger partial charge on any atom is 0.238 e. The van der Waals surface area contributed by atoms with Crippen LogP contribution in [0, 0.1) is 20.8 Å². The normalized spacial score (nSPS) is 11.3. The predicted molar refractivity (Wildman–Crippen MR) is 111 cm³/mol. The second-order valence-electron chi connectivity index (χ2n) is 6.82. The molecule has 0 bridgehead atoms. The van der Waals surface area contributed by atoms with Gasteiger partial charge in [0, 0.05) is 13.0 Å². The highest BCUT2D eigenvalue weighted by molar-refractivity contribution is 7.89. The third-order valence-electron chi connectivity index (χ3n) is 4.56. The van der Waals surface area contributed by atoms with Crippen LogP contribution >= 0.6 is 0 Å². The summed E-state index contributed by atoms with van der Waals surface area (Å²) in [6.07, 6.45) is 2.16. The van der Waals surface area contributed by atoms with E-state index in [1.165, 1.54) is 34.6 Å². The summed E-state index contributed by atoms with van der Waals surface area (Å²) in [7, 11) is -3.52. The van der Waals surface area contributed by atoms with Crippen molar-refractivity contribution in [1.82, 2.24) is 9.55 Å². The Morgan fingerprint density at radius 1 is 1.00 bits per heavy atom. The number of nitrogens with zero attached hydrogens (tertiary/aromatic N) is 2. The molecule has 3 rings (SSSR count). The highest BCUT2D eigenvalue weighted by Crippen LogP contribution is 2.21. The first-order valence-electron chi connectivity index (χ1n) is 9.23. The maximum absolute atomic E-state index is 10.7. The molecule has 2 N–H and O–H groups in total. The Bertz CT molecular complexity index is 1020. The maximum atomic E-state index is 10.7. The lowest BCUT2D eigenvalue weighted by molar-refractivity contribution is 0.598. The van der Waals surface area contributed by atoms with Gasteiger partial charge in [-0.15, -0.1) is 0 Å². The average Bonchev–Trinajstić information content (AvgIpc) is 2.93. The molecule has 0 aliphatic carbocycles. The second kappa shape index (κ2) is 8.67. The van der Waals surface area contributed by atoms with Crippen molar-refractivity contribution in [2.75, 3.05) is 0 Å². The molecule has 27 heavy (non-hydrogen) atoms. The van der Waals surface area contributed by atoms with Crippen molar-refractivity contribution >= 4 is 21.1 Å². The standard InChI is InChI=1S/C14H20N2.C7H9NO2S/c1-5-7-16-13-9-11(4)10(3)8-12(13)15-14(16)6-2;1-6-2-4-7(5-3-6)11(8,9)10/h8-9H,5-7H2,1-4H3;2-5H,1H3,(H2,8,9,10). The summed E-state index contributed by atoms with van der Waals surface area (Å²) < 4.78 is 23.8. The molecule has 1 heterocycles. The van der Waals surface area contributed by atoms with Gasteiger partial charge in [0.15, 0.2) is 0 Å². The van der Waals surface area contributed by atoms with E-state index in [0.717, 1.165) is 30.5 Å². The quantitative estimate of drug-likeness (QED) is 0.726. The van der Waals surface area contributed by atoms with E-state index >= 15 is 0 Å². The SMILES string of the molecule is CCCn1c(CC)nc2cc(C)c(C)cc21.Cc1ccc(S(N)(=O)=O)cc1. The molecule has 5 nitrogen and oxygen atoms in total. The zero-order valence-electron chi connectivity index (χ0n) is 16.8. The van der Waals surface area contributed by atoms with E-state index in [4.69, 9.17) is 10.1 Å². The van der Waals surface area contributed by atoms with Gasteiger partial charge in [0.2, 0.25) is 10.0 Å². The smallest absolute Gasteiger partial charge is 0.238 e. The third-order valence-corrected chi connectivity index (χ3v) is 5.48. The van der Waals surface area contributed by atoms with Crippen LogP contribution in [0.1, 0.15) is 42.8 Å². The topological polar surface area (TPSA) is 78.0 Å². The van der Waals surface area contributed by atoms with Gasteiger partial charge in [0.05, 0.1) is 15.9 Å². The van der Waals surface area contributed by atoms with Crippen LogP contribution in [0.3, 0.4) is 0 Å². The summed E-state index contributed by atoms with van der Waals surface area (Å²) >= 11 is 0. The molecule has 0 fully saturated rings. The minimum Gasteiger partial charge on any atom is -0.328 e. The number of hydrogen-bond donors (Lipinski definition) is 1. The Morgan fingerprint density at radius 3 is 2.11 bits per heavy atom. The number of hydrogen-bond acceptors (Lipinski definition) is 3. The molecule has 3 aromatic rings. The van der Waals surface area contributed by atoms with Crippen molar-refractivity contribution in [3.63, 3.8) is 0 Å². The number of nitrogens with two attached hydrogens (primary N) is 1. The monoisotopic (exact) mass is 387 g/mol. The van der Waals surface area contributed by atoms with E-state index in [1.807, 2.05) is 6.92 Å². The van der Waals surface area contributed by atoms with Crippen LogP contribution in [-0.4, -0.2) is 18.0 Å². The third kappa shape index (κ3) is 5.17. The number of fused-ring (bicyclic) bond motifs is 1. The van der Waals surface area contributed by atoms with E-state index in [2.05, 4.69) is 44.4 Å². The van der Waals surface area contributed by atoms with Crippen molar-refractivity contribution in [1.29, 1.82) is 0 Å². The number of aryl methyl sites for hydroxylation is 5. The average molecular weight is 388 g/mol. The first-order valence-corrected chi connectivity index (χ1v) is 10.8. The molecular formula is C21H29N3O2S. The van der Waals surface area contributed by atoms with Crippen LogP contribution in [0.25, 0.3) is 11.0 Å². The summed E-state index contributed by atoms with van der Waals surface area (Å²) in [6.45, 7) is 11.7. The molecule has 0 aliphatic rings.